The highest BCUT2D eigenvalue weighted by Gasteiger charge is 2.09. The van der Waals surface area contributed by atoms with E-state index in [0.717, 1.165) is 16.0 Å². The first-order valence-corrected chi connectivity index (χ1v) is 5.43. The first-order chi connectivity index (χ1) is 7.74. The minimum absolute atomic E-state index is 0.266. The molecule has 2 aromatic rings. The summed E-state index contributed by atoms with van der Waals surface area (Å²) in [5.41, 5.74) is 0.809. The number of thiazole rings is 1. The van der Waals surface area contributed by atoms with E-state index in [1.165, 1.54) is 17.4 Å². The Morgan fingerprint density at radius 3 is 3.12 bits per heavy atom. The van der Waals surface area contributed by atoms with E-state index >= 15 is 0 Å². The molecule has 16 heavy (non-hydrogen) atoms. The van der Waals surface area contributed by atoms with Crippen LogP contribution in [0.25, 0.3) is 10.2 Å². The minimum Gasteiger partial charge on any atom is -0.495 e. The number of rotatable bonds is 3. The third-order valence-corrected chi connectivity index (χ3v) is 3.02. The maximum atomic E-state index is 11.1. The van der Waals surface area contributed by atoms with Gasteiger partial charge in [-0.2, -0.15) is 0 Å². The normalized spacial score (nSPS) is 10.1. The van der Waals surface area contributed by atoms with Crippen molar-refractivity contribution in [1.82, 2.24) is 4.98 Å². The van der Waals surface area contributed by atoms with E-state index in [4.69, 9.17) is 4.74 Å². The van der Waals surface area contributed by atoms with Crippen LogP contribution in [0.15, 0.2) is 30.9 Å². The molecular formula is C11H10N2O2S. The molecular weight excluding hydrogens is 224 g/mol. The van der Waals surface area contributed by atoms with Crippen molar-refractivity contribution in [1.29, 1.82) is 0 Å². The monoisotopic (exact) mass is 234 g/mol. The fourth-order valence-electron chi connectivity index (χ4n) is 1.29. The molecule has 0 atom stereocenters. The summed E-state index contributed by atoms with van der Waals surface area (Å²) in [7, 11) is 1.61. The van der Waals surface area contributed by atoms with Gasteiger partial charge in [0.2, 0.25) is 5.91 Å². The third kappa shape index (κ3) is 1.90. The fourth-order valence-corrected chi connectivity index (χ4v) is 2.25. The van der Waals surface area contributed by atoms with Gasteiger partial charge in [0.25, 0.3) is 0 Å². The second-order valence-electron chi connectivity index (χ2n) is 3.02. The van der Waals surface area contributed by atoms with Gasteiger partial charge in [0, 0.05) is 0 Å². The molecule has 0 saturated carbocycles. The average Bonchev–Trinajstić information content (AvgIpc) is 2.70. The zero-order valence-electron chi connectivity index (χ0n) is 8.69. The maximum Gasteiger partial charge on any atom is 0.249 e. The van der Waals surface area contributed by atoms with Crippen molar-refractivity contribution >= 4 is 32.6 Å². The van der Waals surface area contributed by atoms with Gasteiger partial charge in [-0.05, 0) is 18.2 Å². The summed E-state index contributed by atoms with van der Waals surface area (Å²) in [6, 6.07) is 5.59. The van der Waals surface area contributed by atoms with Crippen molar-refractivity contribution in [2.75, 3.05) is 12.4 Å². The van der Waals surface area contributed by atoms with Gasteiger partial charge in [0.05, 0.1) is 17.3 Å². The number of anilines is 1. The molecule has 1 aromatic carbocycles. The van der Waals surface area contributed by atoms with Crippen LogP contribution in [-0.4, -0.2) is 18.0 Å². The first-order valence-electron chi connectivity index (χ1n) is 4.61. The topological polar surface area (TPSA) is 51.2 Å². The summed E-state index contributed by atoms with van der Waals surface area (Å²) in [5.74, 6) is 0.493. The number of amides is 1. The van der Waals surface area contributed by atoms with Crippen molar-refractivity contribution in [3.63, 3.8) is 0 Å². The maximum absolute atomic E-state index is 11.1. The number of nitrogens with zero attached hydrogens (tertiary/aromatic N) is 1. The zero-order valence-corrected chi connectivity index (χ0v) is 9.50. The number of hydrogen-bond donors (Lipinski definition) is 1. The average molecular weight is 234 g/mol. The molecule has 0 radical (unpaired) electrons. The van der Waals surface area contributed by atoms with Gasteiger partial charge >= 0.3 is 0 Å². The first kappa shape index (κ1) is 10.6. The lowest BCUT2D eigenvalue weighted by Crippen LogP contribution is -2.06. The number of hydrogen-bond acceptors (Lipinski definition) is 4. The summed E-state index contributed by atoms with van der Waals surface area (Å²) < 4.78 is 6.13. The number of aromatic nitrogens is 1. The molecule has 0 spiro atoms. The number of carbonyl (C=O) groups excluding carboxylic acids is 1. The number of ether oxygens (including phenoxy) is 1. The highest BCUT2D eigenvalue weighted by Crippen LogP contribution is 2.33. The highest BCUT2D eigenvalue weighted by atomic mass is 32.1. The highest BCUT2D eigenvalue weighted by molar-refractivity contribution is 7.22. The molecule has 0 aliphatic rings. The molecule has 0 bridgehead atoms. The third-order valence-electron chi connectivity index (χ3n) is 2.01. The Morgan fingerprint density at radius 1 is 1.62 bits per heavy atom. The molecule has 1 N–H and O–H groups in total. The molecule has 1 heterocycles. The number of nitrogens with one attached hydrogen (secondary N) is 1. The lowest BCUT2D eigenvalue weighted by atomic mass is 10.3. The molecule has 82 valence electrons. The van der Waals surface area contributed by atoms with E-state index in [0.29, 0.717) is 5.13 Å². The van der Waals surface area contributed by atoms with E-state index < -0.39 is 0 Å². The van der Waals surface area contributed by atoms with E-state index in [9.17, 15) is 4.79 Å². The molecule has 0 aliphatic heterocycles. The van der Waals surface area contributed by atoms with E-state index in [1.807, 2.05) is 18.2 Å². The molecule has 0 fully saturated rings. The number of carbonyl (C=O) groups is 1. The second-order valence-corrected chi connectivity index (χ2v) is 4.02. The molecule has 1 aromatic heterocycles. The number of methoxy groups -OCH3 is 1. The van der Waals surface area contributed by atoms with E-state index in [-0.39, 0.29) is 5.91 Å². The van der Waals surface area contributed by atoms with Crippen LogP contribution >= 0.6 is 11.3 Å². The Morgan fingerprint density at radius 2 is 2.44 bits per heavy atom. The molecule has 4 nitrogen and oxygen atoms in total. The van der Waals surface area contributed by atoms with Gasteiger partial charge in [-0.1, -0.05) is 24.0 Å². The largest absolute Gasteiger partial charge is 0.495 e. The summed E-state index contributed by atoms with van der Waals surface area (Å²) in [4.78, 5) is 15.4. The van der Waals surface area contributed by atoms with Crippen molar-refractivity contribution in [3.8, 4) is 5.75 Å². The minimum atomic E-state index is -0.266. The molecule has 5 heteroatoms. The van der Waals surface area contributed by atoms with Gasteiger partial charge in [-0.15, -0.1) is 0 Å². The Balaban J connectivity index is 2.43. The Hall–Kier alpha value is -1.88. The zero-order chi connectivity index (χ0) is 11.5. The Bertz CT molecular complexity index is 548. The lowest BCUT2D eigenvalue weighted by Gasteiger charge is -1.97. The van der Waals surface area contributed by atoms with Crippen LogP contribution in [0.3, 0.4) is 0 Å². The molecule has 0 aliphatic carbocycles. The van der Waals surface area contributed by atoms with Crippen LogP contribution < -0.4 is 10.1 Å². The summed E-state index contributed by atoms with van der Waals surface area (Å²) >= 11 is 1.38. The molecule has 0 unspecified atom stereocenters. The van der Waals surface area contributed by atoms with Crippen LogP contribution in [-0.2, 0) is 4.79 Å². The van der Waals surface area contributed by atoms with Crippen molar-refractivity contribution in [3.05, 3.63) is 30.9 Å². The predicted molar refractivity (Wildman–Crippen MR) is 65.0 cm³/mol. The SMILES string of the molecule is C=CC(=O)Nc1nc2cccc(OC)c2s1. The van der Waals surface area contributed by atoms with Crippen molar-refractivity contribution in [2.45, 2.75) is 0 Å². The number of fused-ring (bicyclic) bond motifs is 1. The smallest absolute Gasteiger partial charge is 0.249 e. The van der Waals surface area contributed by atoms with Crippen LogP contribution in [0.2, 0.25) is 0 Å². The van der Waals surface area contributed by atoms with Gasteiger partial charge in [-0.25, -0.2) is 4.98 Å². The quantitative estimate of drug-likeness (QED) is 0.830. The molecule has 2 rings (SSSR count). The van der Waals surface area contributed by atoms with Crippen LogP contribution in [0.5, 0.6) is 5.75 Å². The number of benzene rings is 1. The van der Waals surface area contributed by atoms with Gasteiger partial charge in [-0.3, -0.25) is 10.1 Å². The predicted octanol–water partition coefficient (Wildman–Crippen LogP) is 2.43. The van der Waals surface area contributed by atoms with Crippen molar-refractivity contribution in [2.24, 2.45) is 0 Å². The second kappa shape index (κ2) is 4.32. The van der Waals surface area contributed by atoms with Crippen molar-refractivity contribution < 1.29 is 9.53 Å². The Labute approximate surface area is 96.6 Å². The molecule has 1 amide bonds. The standard InChI is InChI=1S/C11H10N2O2S/c1-3-9(14)13-11-12-7-5-4-6-8(15-2)10(7)16-11/h3-6H,1H2,2H3,(H,12,13,14). The Kier molecular flexibility index (Phi) is 2.87. The van der Waals surface area contributed by atoms with Gasteiger partial charge < -0.3 is 4.74 Å². The van der Waals surface area contributed by atoms with Crippen LogP contribution in [0, 0.1) is 0 Å². The lowest BCUT2D eigenvalue weighted by molar-refractivity contribution is -0.111. The van der Waals surface area contributed by atoms with Gasteiger partial charge in [0.1, 0.15) is 5.75 Å². The van der Waals surface area contributed by atoms with Gasteiger partial charge in [0.15, 0.2) is 5.13 Å². The van der Waals surface area contributed by atoms with E-state index in [1.54, 1.807) is 7.11 Å². The summed E-state index contributed by atoms with van der Waals surface area (Å²) in [6.45, 7) is 3.38. The summed E-state index contributed by atoms with van der Waals surface area (Å²) in [6.07, 6.45) is 1.21. The fraction of sp³-hybridized carbons (Fsp3) is 0.0909. The van der Waals surface area contributed by atoms with E-state index in [2.05, 4.69) is 16.9 Å². The summed E-state index contributed by atoms with van der Waals surface area (Å²) in [5, 5.41) is 3.17. The van der Waals surface area contributed by atoms with Crippen LogP contribution in [0.1, 0.15) is 0 Å². The van der Waals surface area contributed by atoms with Crippen LogP contribution in [0.4, 0.5) is 5.13 Å². The molecule has 0 saturated heterocycles.